The molecule has 122 valence electrons. The standard InChI is InChI=1S/C19H17NO4/c1-20-19(22)14-5-2-13(3-6-14)4-8-16(21)15-7-9-17-18(12-15)24-11-10-23-17/h2-9,12H,10-11H2,1H3,(H,20,22). The Bertz CT molecular complexity index is 794. The first-order chi connectivity index (χ1) is 11.7. The van der Waals surface area contributed by atoms with Crippen LogP contribution in [0.5, 0.6) is 11.5 Å². The number of rotatable bonds is 4. The molecule has 1 amide bonds. The first-order valence-corrected chi connectivity index (χ1v) is 7.61. The predicted octanol–water partition coefficient (Wildman–Crippen LogP) is 2.71. The molecule has 0 saturated carbocycles. The predicted molar refractivity (Wildman–Crippen MR) is 90.6 cm³/mol. The fraction of sp³-hybridized carbons (Fsp3) is 0.158. The van der Waals surface area contributed by atoms with Gasteiger partial charge in [0.25, 0.3) is 5.91 Å². The topological polar surface area (TPSA) is 64.6 Å². The maximum atomic E-state index is 12.3. The van der Waals surface area contributed by atoms with Crippen molar-refractivity contribution < 1.29 is 19.1 Å². The molecule has 0 bridgehead atoms. The number of amides is 1. The van der Waals surface area contributed by atoms with Crippen molar-refractivity contribution >= 4 is 17.8 Å². The van der Waals surface area contributed by atoms with Crippen LogP contribution in [-0.2, 0) is 0 Å². The molecule has 2 aromatic carbocycles. The van der Waals surface area contributed by atoms with E-state index in [4.69, 9.17) is 9.47 Å². The fourth-order valence-corrected chi connectivity index (χ4v) is 2.35. The van der Waals surface area contributed by atoms with Crippen molar-refractivity contribution in [2.75, 3.05) is 20.3 Å². The summed E-state index contributed by atoms with van der Waals surface area (Å²) in [4.78, 5) is 23.8. The monoisotopic (exact) mass is 323 g/mol. The Morgan fingerprint density at radius 3 is 2.33 bits per heavy atom. The van der Waals surface area contributed by atoms with E-state index < -0.39 is 0 Å². The number of carbonyl (C=O) groups is 2. The Kier molecular flexibility index (Phi) is 4.61. The Hall–Kier alpha value is -3.08. The second-order valence-electron chi connectivity index (χ2n) is 5.26. The maximum Gasteiger partial charge on any atom is 0.251 e. The molecule has 5 nitrogen and oxygen atoms in total. The van der Waals surface area contributed by atoms with Gasteiger partial charge in [0.15, 0.2) is 17.3 Å². The van der Waals surface area contributed by atoms with Gasteiger partial charge in [0.2, 0.25) is 0 Å². The van der Waals surface area contributed by atoms with Crippen LogP contribution in [0.25, 0.3) is 6.08 Å². The molecule has 0 aliphatic carbocycles. The van der Waals surface area contributed by atoms with E-state index in [1.807, 2.05) is 0 Å². The van der Waals surface area contributed by atoms with Gasteiger partial charge in [-0.15, -0.1) is 0 Å². The summed E-state index contributed by atoms with van der Waals surface area (Å²) < 4.78 is 10.9. The highest BCUT2D eigenvalue weighted by Gasteiger charge is 2.13. The number of fused-ring (bicyclic) bond motifs is 1. The Morgan fingerprint density at radius 1 is 0.958 bits per heavy atom. The van der Waals surface area contributed by atoms with Gasteiger partial charge in [-0.05, 0) is 42.0 Å². The number of benzene rings is 2. The van der Waals surface area contributed by atoms with Gasteiger partial charge in [-0.2, -0.15) is 0 Å². The van der Waals surface area contributed by atoms with Crippen molar-refractivity contribution in [3.05, 3.63) is 65.2 Å². The fourth-order valence-electron chi connectivity index (χ4n) is 2.35. The lowest BCUT2D eigenvalue weighted by molar-refractivity contribution is 0.0962. The smallest absolute Gasteiger partial charge is 0.251 e. The molecule has 1 heterocycles. The van der Waals surface area contributed by atoms with E-state index in [-0.39, 0.29) is 11.7 Å². The molecule has 24 heavy (non-hydrogen) atoms. The first-order valence-electron chi connectivity index (χ1n) is 7.61. The van der Waals surface area contributed by atoms with E-state index in [0.29, 0.717) is 35.8 Å². The lowest BCUT2D eigenvalue weighted by Gasteiger charge is -2.18. The van der Waals surface area contributed by atoms with Crippen LogP contribution < -0.4 is 14.8 Å². The molecule has 5 heteroatoms. The third kappa shape index (κ3) is 3.46. The third-order valence-electron chi connectivity index (χ3n) is 3.65. The van der Waals surface area contributed by atoms with Gasteiger partial charge in [0.05, 0.1) is 0 Å². The van der Waals surface area contributed by atoms with Gasteiger partial charge < -0.3 is 14.8 Å². The molecule has 1 aliphatic rings. The Morgan fingerprint density at radius 2 is 1.62 bits per heavy atom. The van der Waals surface area contributed by atoms with Crippen LogP contribution in [0, 0.1) is 0 Å². The molecule has 1 aliphatic heterocycles. The number of nitrogens with one attached hydrogen (secondary N) is 1. The van der Waals surface area contributed by atoms with Crippen molar-refractivity contribution in [3.8, 4) is 11.5 Å². The van der Waals surface area contributed by atoms with Crippen LogP contribution in [0.4, 0.5) is 0 Å². The summed E-state index contributed by atoms with van der Waals surface area (Å²) in [6.07, 6.45) is 3.22. The minimum atomic E-state index is -0.141. The molecule has 0 aromatic heterocycles. The molecule has 1 N–H and O–H groups in total. The highest BCUT2D eigenvalue weighted by molar-refractivity contribution is 6.07. The molecule has 0 radical (unpaired) electrons. The summed E-state index contributed by atoms with van der Waals surface area (Å²) >= 11 is 0. The van der Waals surface area contributed by atoms with Crippen molar-refractivity contribution in [2.45, 2.75) is 0 Å². The SMILES string of the molecule is CNC(=O)c1ccc(C=CC(=O)c2ccc3c(c2)OCCO3)cc1. The van der Waals surface area contributed by atoms with Crippen LogP contribution in [0.15, 0.2) is 48.5 Å². The van der Waals surface area contributed by atoms with Gasteiger partial charge in [-0.1, -0.05) is 18.2 Å². The molecule has 0 unspecified atom stereocenters. The Labute approximate surface area is 139 Å². The normalized spacial score (nSPS) is 12.9. The molecule has 3 rings (SSSR count). The molecule has 0 atom stereocenters. The van der Waals surface area contributed by atoms with Crippen molar-refractivity contribution in [1.82, 2.24) is 5.32 Å². The minimum Gasteiger partial charge on any atom is -0.486 e. The van der Waals surface area contributed by atoms with Crippen LogP contribution >= 0.6 is 0 Å². The van der Waals surface area contributed by atoms with Gasteiger partial charge >= 0.3 is 0 Å². The minimum absolute atomic E-state index is 0.123. The van der Waals surface area contributed by atoms with Crippen LogP contribution in [0.1, 0.15) is 26.3 Å². The summed E-state index contributed by atoms with van der Waals surface area (Å²) in [6, 6.07) is 12.2. The van der Waals surface area contributed by atoms with Gasteiger partial charge in [-0.3, -0.25) is 9.59 Å². The Balaban J connectivity index is 1.72. The molecule has 0 fully saturated rings. The van der Waals surface area contributed by atoms with Gasteiger partial charge in [0.1, 0.15) is 13.2 Å². The summed E-state index contributed by atoms with van der Waals surface area (Å²) in [6.45, 7) is 1.00. The van der Waals surface area contributed by atoms with Crippen molar-refractivity contribution in [1.29, 1.82) is 0 Å². The second-order valence-corrected chi connectivity index (χ2v) is 5.26. The van der Waals surface area contributed by atoms with E-state index in [1.54, 1.807) is 55.6 Å². The molecular formula is C19H17NO4. The lowest BCUT2D eigenvalue weighted by Crippen LogP contribution is -2.17. The zero-order chi connectivity index (χ0) is 16.9. The molecule has 0 saturated heterocycles. The van der Waals surface area contributed by atoms with E-state index in [0.717, 1.165) is 5.56 Å². The largest absolute Gasteiger partial charge is 0.486 e. The summed E-state index contributed by atoms with van der Waals surface area (Å²) in [5, 5.41) is 2.56. The zero-order valence-corrected chi connectivity index (χ0v) is 13.2. The van der Waals surface area contributed by atoms with Crippen molar-refractivity contribution in [3.63, 3.8) is 0 Å². The number of hydrogen-bond donors (Lipinski definition) is 1. The lowest BCUT2D eigenvalue weighted by atomic mass is 10.1. The zero-order valence-electron chi connectivity index (χ0n) is 13.2. The van der Waals surface area contributed by atoms with Gasteiger partial charge in [-0.25, -0.2) is 0 Å². The summed E-state index contributed by atoms with van der Waals surface area (Å²) in [7, 11) is 1.59. The highest BCUT2D eigenvalue weighted by Crippen LogP contribution is 2.30. The molecule has 0 spiro atoms. The summed E-state index contributed by atoms with van der Waals surface area (Å²) in [5.74, 6) is 0.988. The van der Waals surface area contributed by atoms with Crippen LogP contribution in [-0.4, -0.2) is 32.0 Å². The van der Waals surface area contributed by atoms with Crippen molar-refractivity contribution in [2.24, 2.45) is 0 Å². The third-order valence-corrected chi connectivity index (χ3v) is 3.65. The number of allylic oxidation sites excluding steroid dienone is 1. The first kappa shape index (κ1) is 15.8. The average molecular weight is 323 g/mol. The van der Waals surface area contributed by atoms with E-state index in [1.165, 1.54) is 6.08 Å². The molecular weight excluding hydrogens is 306 g/mol. The van der Waals surface area contributed by atoms with Crippen LogP contribution in [0.3, 0.4) is 0 Å². The average Bonchev–Trinajstić information content (AvgIpc) is 2.65. The quantitative estimate of drug-likeness (QED) is 0.694. The maximum absolute atomic E-state index is 12.3. The van der Waals surface area contributed by atoms with E-state index >= 15 is 0 Å². The van der Waals surface area contributed by atoms with Crippen LogP contribution in [0.2, 0.25) is 0 Å². The van der Waals surface area contributed by atoms with E-state index in [2.05, 4.69) is 5.32 Å². The number of ketones is 1. The highest BCUT2D eigenvalue weighted by atomic mass is 16.6. The second kappa shape index (κ2) is 7.00. The molecule has 2 aromatic rings. The number of hydrogen-bond acceptors (Lipinski definition) is 4. The number of carbonyl (C=O) groups excluding carboxylic acids is 2. The van der Waals surface area contributed by atoms with Gasteiger partial charge in [0, 0.05) is 18.2 Å². The van der Waals surface area contributed by atoms with E-state index in [9.17, 15) is 9.59 Å². The number of ether oxygens (including phenoxy) is 2. The summed E-state index contributed by atoms with van der Waals surface area (Å²) in [5.41, 5.74) is 1.96.